The van der Waals surface area contributed by atoms with Crippen molar-refractivity contribution in [2.24, 2.45) is 5.92 Å². The predicted molar refractivity (Wildman–Crippen MR) is 95.7 cm³/mol. The average Bonchev–Trinajstić information content (AvgIpc) is 2.53. The lowest BCUT2D eigenvalue weighted by Crippen LogP contribution is -2.39. The molecule has 140 valence electrons. The molecule has 0 N–H and O–H groups in total. The molecule has 0 saturated carbocycles. The monoisotopic (exact) mass is 435 g/mol. The molecule has 0 amide bonds. The summed E-state index contributed by atoms with van der Waals surface area (Å²) < 4.78 is 36.8. The van der Waals surface area contributed by atoms with Crippen LogP contribution in [0.5, 0.6) is 0 Å². The highest BCUT2D eigenvalue weighted by Gasteiger charge is 2.29. The highest BCUT2D eigenvalue weighted by Crippen LogP contribution is 2.24. The predicted octanol–water partition coefficient (Wildman–Crippen LogP) is 2.45. The van der Waals surface area contributed by atoms with Crippen molar-refractivity contribution in [3.63, 3.8) is 0 Å². The van der Waals surface area contributed by atoms with E-state index in [-0.39, 0.29) is 29.5 Å². The zero-order chi connectivity index (χ0) is 19.2. The summed E-state index contributed by atoms with van der Waals surface area (Å²) in [7, 11) is -2.78. The van der Waals surface area contributed by atoms with E-state index in [0.29, 0.717) is 4.47 Å². The summed E-state index contributed by atoms with van der Waals surface area (Å²) in [5, 5.41) is 0. The van der Waals surface area contributed by atoms with E-state index in [2.05, 4.69) is 20.7 Å². The second-order valence-electron chi connectivity index (χ2n) is 5.63. The topological polar surface area (TPSA) is 90.0 Å². The van der Waals surface area contributed by atoms with Crippen molar-refractivity contribution in [2.75, 3.05) is 26.8 Å². The molecule has 7 nitrogen and oxygen atoms in total. The first kappa shape index (κ1) is 21.6. The van der Waals surface area contributed by atoms with Gasteiger partial charge in [-0.15, -0.1) is 0 Å². The van der Waals surface area contributed by atoms with Crippen LogP contribution in [0.15, 0.2) is 27.6 Å². The van der Waals surface area contributed by atoms with Crippen molar-refractivity contribution in [3.05, 3.63) is 28.2 Å². The second-order valence-corrected chi connectivity index (χ2v) is 8.42. The molecule has 0 unspecified atom stereocenters. The Balaban J connectivity index is 3.29. The van der Waals surface area contributed by atoms with Crippen molar-refractivity contribution in [2.45, 2.75) is 25.7 Å². The van der Waals surface area contributed by atoms with E-state index in [4.69, 9.17) is 4.74 Å². The largest absolute Gasteiger partial charge is 0.465 e. The maximum Gasteiger partial charge on any atom is 0.339 e. The zero-order valence-corrected chi connectivity index (χ0v) is 17.0. The molecule has 1 aromatic rings. The Labute approximate surface area is 156 Å². The van der Waals surface area contributed by atoms with Gasteiger partial charge in [0.05, 0.1) is 24.2 Å². The number of hydrogen-bond donors (Lipinski definition) is 0. The normalized spacial score (nSPS) is 11.6. The number of benzene rings is 1. The van der Waals surface area contributed by atoms with Gasteiger partial charge in [0.2, 0.25) is 10.0 Å². The smallest absolute Gasteiger partial charge is 0.339 e. The van der Waals surface area contributed by atoms with Crippen molar-refractivity contribution in [3.8, 4) is 0 Å². The van der Waals surface area contributed by atoms with Crippen LogP contribution in [0.1, 0.15) is 31.1 Å². The summed E-state index contributed by atoms with van der Waals surface area (Å²) in [6.45, 7) is 5.25. The van der Waals surface area contributed by atoms with Gasteiger partial charge in [0.25, 0.3) is 0 Å². The highest BCUT2D eigenvalue weighted by molar-refractivity contribution is 9.10. The SMILES string of the molecule is CCOC(=O)CN(CC(C)C)S(=O)(=O)c1ccc(Br)c(C(=O)OC)c1. The Morgan fingerprint density at radius 2 is 1.92 bits per heavy atom. The van der Waals surface area contributed by atoms with Crippen LogP contribution in [0.25, 0.3) is 0 Å². The van der Waals surface area contributed by atoms with Gasteiger partial charge >= 0.3 is 11.9 Å². The van der Waals surface area contributed by atoms with Gasteiger partial charge in [0, 0.05) is 11.0 Å². The fourth-order valence-electron chi connectivity index (χ4n) is 2.09. The number of sulfonamides is 1. The molecule has 0 heterocycles. The third-order valence-electron chi connectivity index (χ3n) is 3.16. The van der Waals surface area contributed by atoms with Crippen LogP contribution in [-0.4, -0.2) is 51.5 Å². The molecule has 0 aliphatic rings. The molecule has 0 radical (unpaired) electrons. The summed E-state index contributed by atoms with van der Waals surface area (Å²) >= 11 is 3.19. The fraction of sp³-hybridized carbons (Fsp3) is 0.500. The number of nitrogens with zero attached hydrogens (tertiary/aromatic N) is 1. The number of ether oxygens (including phenoxy) is 2. The molecular formula is C16H22BrNO6S. The maximum atomic E-state index is 12.9. The minimum absolute atomic E-state index is 0.000252. The molecule has 25 heavy (non-hydrogen) atoms. The second kappa shape index (κ2) is 9.30. The molecular weight excluding hydrogens is 414 g/mol. The van der Waals surface area contributed by atoms with Gasteiger partial charge in [-0.3, -0.25) is 4.79 Å². The summed E-state index contributed by atoms with van der Waals surface area (Å²) in [6.07, 6.45) is 0. The first-order valence-electron chi connectivity index (χ1n) is 7.67. The molecule has 9 heteroatoms. The lowest BCUT2D eigenvalue weighted by molar-refractivity contribution is -0.143. The maximum absolute atomic E-state index is 12.9. The van der Waals surface area contributed by atoms with Gasteiger partial charge in [-0.2, -0.15) is 4.31 Å². The summed E-state index contributed by atoms with van der Waals surface area (Å²) in [5.41, 5.74) is 0.0872. The van der Waals surface area contributed by atoms with Crippen molar-refractivity contribution in [1.82, 2.24) is 4.31 Å². The van der Waals surface area contributed by atoms with Gasteiger partial charge in [0.1, 0.15) is 6.54 Å². The summed E-state index contributed by atoms with van der Waals surface area (Å²) in [5.74, 6) is -1.29. The number of methoxy groups -OCH3 is 1. The van der Waals surface area contributed by atoms with Crippen LogP contribution in [0.3, 0.4) is 0 Å². The van der Waals surface area contributed by atoms with Crippen LogP contribution in [0.2, 0.25) is 0 Å². The zero-order valence-electron chi connectivity index (χ0n) is 14.6. The quantitative estimate of drug-likeness (QED) is 0.582. The first-order chi connectivity index (χ1) is 11.6. The molecule has 0 aliphatic carbocycles. The van der Waals surface area contributed by atoms with Gasteiger partial charge < -0.3 is 9.47 Å². The first-order valence-corrected chi connectivity index (χ1v) is 9.90. The van der Waals surface area contributed by atoms with E-state index in [9.17, 15) is 18.0 Å². The number of carbonyl (C=O) groups excluding carboxylic acids is 2. The third-order valence-corrected chi connectivity index (χ3v) is 5.66. The summed E-state index contributed by atoms with van der Waals surface area (Å²) in [6, 6.07) is 4.05. The Bertz CT molecular complexity index is 732. The third kappa shape index (κ3) is 5.79. The molecule has 0 aromatic heterocycles. The number of esters is 2. The fourth-order valence-corrected chi connectivity index (χ4v) is 4.07. The van der Waals surface area contributed by atoms with Gasteiger partial charge in [-0.1, -0.05) is 13.8 Å². The summed E-state index contributed by atoms with van der Waals surface area (Å²) in [4.78, 5) is 23.5. The van der Waals surface area contributed by atoms with E-state index in [1.54, 1.807) is 6.92 Å². The van der Waals surface area contributed by atoms with Gasteiger partial charge in [-0.05, 0) is 47.0 Å². The average molecular weight is 436 g/mol. The Kier molecular flexibility index (Phi) is 8.04. The molecule has 1 rings (SSSR count). The van der Waals surface area contributed by atoms with Crippen LogP contribution in [-0.2, 0) is 24.3 Å². The van der Waals surface area contributed by atoms with Gasteiger partial charge in [0.15, 0.2) is 0 Å². The Morgan fingerprint density at radius 1 is 1.28 bits per heavy atom. The van der Waals surface area contributed by atoms with Crippen LogP contribution in [0.4, 0.5) is 0 Å². The molecule has 0 fully saturated rings. The lowest BCUT2D eigenvalue weighted by atomic mass is 10.2. The van der Waals surface area contributed by atoms with E-state index in [1.807, 2.05) is 13.8 Å². The van der Waals surface area contributed by atoms with E-state index in [1.165, 1.54) is 25.3 Å². The number of hydrogen-bond acceptors (Lipinski definition) is 6. The van der Waals surface area contributed by atoms with Crippen molar-refractivity contribution < 1.29 is 27.5 Å². The van der Waals surface area contributed by atoms with E-state index in [0.717, 1.165) is 4.31 Å². The van der Waals surface area contributed by atoms with Crippen LogP contribution >= 0.6 is 15.9 Å². The van der Waals surface area contributed by atoms with Crippen LogP contribution < -0.4 is 0 Å². The standard InChI is InChI=1S/C16H22BrNO6S/c1-5-24-15(19)10-18(9-11(2)3)25(21,22)12-6-7-14(17)13(8-12)16(20)23-4/h6-8,11H,5,9-10H2,1-4H3. The Morgan fingerprint density at radius 3 is 2.44 bits per heavy atom. The van der Waals surface area contributed by atoms with Crippen molar-refractivity contribution in [1.29, 1.82) is 0 Å². The molecule has 0 aliphatic heterocycles. The van der Waals surface area contributed by atoms with Crippen LogP contribution in [0, 0.1) is 5.92 Å². The molecule has 0 atom stereocenters. The Hall–Kier alpha value is -1.45. The molecule has 0 bridgehead atoms. The van der Waals surface area contributed by atoms with Crippen molar-refractivity contribution >= 4 is 37.9 Å². The number of carbonyl (C=O) groups is 2. The number of rotatable bonds is 8. The molecule has 0 saturated heterocycles. The van der Waals surface area contributed by atoms with E-state index < -0.39 is 28.5 Å². The highest BCUT2D eigenvalue weighted by atomic mass is 79.9. The number of halogens is 1. The minimum Gasteiger partial charge on any atom is -0.465 e. The minimum atomic E-state index is -3.99. The molecule has 0 spiro atoms. The van der Waals surface area contributed by atoms with Gasteiger partial charge in [-0.25, -0.2) is 13.2 Å². The lowest BCUT2D eigenvalue weighted by Gasteiger charge is -2.23. The van der Waals surface area contributed by atoms with E-state index >= 15 is 0 Å². The molecule has 1 aromatic carbocycles.